The molecular formula is C28H36FN3O3. The summed E-state index contributed by atoms with van der Waals surface area (Å²) in [6.07, 6.45) is -1.10. The summed E-state index contributed by atoms with van der Waals surface area (Å²) in [5.41, 5.74) is 2.19. The Morgan fingerprint density at radius 1 is 1.06 bits per heavy atom. The predicted molar refractivity (Wildman–Crippen MR) is 135 cm³/mol. The average molecular weight is 482 g/mol. The summed E-state index contributed by atoms with van der Waals surface area (Å²) in [6.45, 7) is 17.0. The minimum atomic E-state index is -1.10. The highest BCUT2D eigenvalue weighted by Crippen LogP contribution is 2.39. The van der Waals surface area contributed by atoms with E-state index in [9.17, 15) is 14.3 Å². The molecule has 0 aliphatic carbocycles. The van der Waals surface area contributed by atoms with Gasteiger partial charge in [0.25, 0.3) is 0 Å². The lowest BCUT2D eigenvalue weighted by molar-refractivity contribution is -0.169. The molecule has 3 heterocycles. The van der Waals surface area contributed by atoms with Gasteiger partial charge in [-0.1, -0.05) is 20.8 Å². The molecular weight excluding hydrogens is 445 g/mol. The molecule has 1 amide bonds. The van der Waals surface area contributed by atoms with Crippen LogP contribution in [0.25, 0.3) is 22.4 Å². The molecule has 1 fully saturated rings. The van der Waals surface area contributed by atoms with Crippen LogP contribution < -0.4 is 0 Å². The number of aliphatic hydroxyl groups is 1. The number of piperazine rings is 1. The van der Waals surface area contributed by atoms with Crippen LogP contribution in [-0.4, -0.2) is 50.0 Å². The Morgan fingerprint density at radius 3 is 2.26 bits per heavy atom. The van der Waals surface area contributed by atoms with E-state index < -0.39 is 11.8 Å². The maximum Gasteiger partial charge on any atom is 0.243 e. The zero-order chi connectivity index (χ0) is 25.9. The van der Waals surface area contributed by atoms with E-state index in [0.29, 0.717) is 35.6 Å². The topological polar surface area (TPSA) is 69.8 Å². The second kappa shape index (κ2) is 8.42. The number of fused-ring (bicyclic) bond motifs is 1. The summed E-state index contributed by atoms with van der Waals surface area (Å²) in [6, 6.07) is 9.95. The molecule has 6 nitrogen and oxygen atoms in total. The molecule has 2 aromatic heterocycles. The average Bonchev–Trinajstić information content (AvgIpc) is 3.17. The third-order valence-corrected chi connectivity index (χ3v) is 6.86. The largest absolute Gasteiger partial charge is 0.455 e. The SMILES string of the molecule is CC(C)(C)c1cc(-c2ccc(F)cc2)nc2cc(C(O)N3CCN(C(C)(C)C)C(=O)C3(C)C)oc12. The van der Waals surface area contributed by atoms with Crippen molar-refractivity contribution in [2.45, 2.75) is 78.1 Å². The molecule has 188 valence electrons. The minimum absolute atomic E-state index is 0.0292. The first-order valence-electron chi connectivity index (χ1n) is 12.1. The fraction of sp³-hybridized carbons (Fsp3) is 0.500. The van der Waals surface area contributed by atoms with E-state index >= 15 is 0 Å². The molecule has 1 atom stereocenters. The highest BCUT2D eigenvalue weighted by atomic mass is 19.1. The number of carbonyl (C=O) groups is 1. The number of pyridine rings is 1. The van der Waals surface area contributed by atoms with E-state index in [0.717, 1.165) is 11.1 Å². The van der Waals surface area contributed by atoms with Crippen LogP contribution in [0.1, 0.15) is 72.9 Å². The van der Waals surface area contributed by atoms with Crippen LogP contribution in [-0.2, 0) is 10.2 Å². The van der Waals surface area contributed by atoms with Gasteiger partial charge in [-0.05, 0) is 70.4 Å². The molecule has 4 rings (SSSR count). The maximum atomic E-state index is 13.5. The first-order chi connectivity index (χ1) is 16.1. The third-order valence-electron chi connectivity index (χ3n) is 6.86. The third kappa shape index (κ3) is 4.59. The van der Waals surface area contributed by atoms with Crippen molar-refractivity contribution in [2.24, 2.45) is 0 Å². The van der Waals surface area contributed by atoms with E-state index in [1.54, 1.807) is 23.1 Å². The molecule has 1 aromatic carbocycles. The van der Waals surface area contributed by atoms with Gasteiger partial charge in [0.1, 0.15) is 11.3 Å². The van der Waals surface area contributed by atoms with Gasteiger partial charge in [0, 0.05) is 35.8 Å². The lowest BCUT2D eigenvalue weighted by atomic mass is 9.86. The van der Waals surface area contributed by atoms with E-state index in [-0.39, 0.29) is 22.7 Å². The lowest BCUT2D eigenvalue weighted by Crippen LogP contribution is -2.67. The Bertz CT molecular complexity index is 1250. The number of furan rings is 1. The van der Waals surface area contributed by atoms with Crippen molar-refractivity contribution in [1.82, 2.24) is 14.8 Å². The molecule has 1 unspecified atom stereocenters. The van der Waals surface area contributed by atoms with Crippen LogP contribution in [0, 0.1) is 5.82 Å². The van der Waals surface area contributed by atoms with E-state index in [1.807, 2.05) is 45.6 Å². The number of nitrogens with zero attached hydrogens (tertiary/aromatic N) is 3. The quantitative estimate of drug-likeness (QED) is 0.524. The number of halogens is 1. The van der Waals surface area contributed by atoms with Crippen molar-refractivity contribution < 1.29 is 18.7 Å². The lowest BCUT2D eigenvalue weighted by Gasteiger charge is -2.51. The second-order valence-corrected chi connectivity index (χ2v) is 11.9. The van der Waals surface area contributed by atoms with Crippen molar-refractivity contribution in [3.05, 3.63) is 53.5 Å². The summed E-state index contributed by atoms with van der Waals surface area (Å²) in [5, 5.41) is 11.4. The molecule has 1 aliphatic rings. The maximum absolute atomic E-state index is 13.5. The van der Waals surface area contributed by atoms with Crippen LogP contribution in [0.4, 0.5) is 4.39 Å². The number of amides is 1. The van der Waals surface area contributed by atoms with Crippen molar-refractivity contribution >= 4 is 17.0 Å². The van der Waals surface area contributed by atoms with Gasteiger partial charge in [-0.3, -0.25) is 9.69 Å². The number of rotatable bonds is 3. The van der Waals surface area contributed by atoms with E-state index in [1.165, 1.54) is 12.1 Å². The van der Waals surface area contributed by atoms with Crippen LogP contribution in [0.5, 0.6) is 0 Å². The number of benzene rings is 1. The van der Waals surface area contributed by atoms with Crippen molar-refractivity contribution in [3.8, 4) is 11.3 Å². The van der Waals surface area contributed by atoms with Crippen LogP contribution in [0.15, 0.2) is 40.8 Å². The van der Waals surface area contributed by atoms with Crippen molar-refractivity contribution in [3.63, 3.8) is 0 Å². The Hall–Kier alpha value is -2.77. The normalized spacial score (nSPS) is 18.3. The number of hydrogen-bond donors (Lipinski definition) is 1. The van der Waals surface area contributed by atoms with Gasteiger partial charge in [0.2, 0.25) is 5.91 Å². The van der Waals surface area contributed by atoms with Crippen LogP contribution in [0.3, 0.4) is 0 Å². The van der Waals surface area contributed by atoms with Gasteiger partial charge >= 0.3 is 0 Å². The summed E-state index contributed by atoms with van der Waals surface area (Å²) in [5.74, 6) is 0.0150. The number of hydrogen-bond acceptors (Lipinski definition) is 5. The zero-order valence-corrected chi connectivity index (χ0v) is 21.9. The van der Waals surface area contributed by atoms with Crippen LogP contribution in [0.2, 0.25) is 0 Å². The fourth-order valence-corrected chi connectivity index (χ4v) is 4.76. The molecule has 0 saturated carbocycles. The molecule has 0 radical (unpaired) electrons. The molecule has 0 spiro atoms. The standard InChI is InChI=1S/C28H36FN3O3/c1-26(2,3)19-15-20(17-9-11-18(29)12-10-17)30-21-16-22(35-23(19)21)24(33)31-13-14-32(27(4,5)6)25(34)28(31,7)8/h9-12,15-16,24,33H,13-14H2,1-8H3. The molecule has 1 saturated heterocycles. The number of aromatic nitrogens is 1. The smallest absolute Gasteiger partial charge is 0.243 e. The van der Waals surface area contributed by atoms with Gasteiger partial charge in [-0.25, -0.2) is 9.37 Å². The van der Waals surface area contributed by atoms with Gasteiger partial charge in [-0.15, -0.1) is 0 Å². The Morgan fingerprint density at radius 2 is 1.69 bits per heavy atom. The highest BCUT2D eigenvalue weighted by molar-refractivity contribution is 5.87. The Balaban J connectivity index is 1.76. The first-order valence-corrected chi connectivity index (χ1v) is 12.1. The molecule has 7 heteroatoms. The molecule has 0 bridgehead atoms. The number of aliphatic hydroxyl groups excluding tert-OH is 1. The Labute approximate surface area is 206 Å². The summed E-state index contributed by atoms with van der Waals surface area (Å²) in [4.78, 5) is 21.7. The van der Waals surface area contributed by atoms with Gasteiger partial charge in [0.15, 0.2) is 17.6 Å². The molecule has 3 aromatic rings. The van der Waals surface area contributed by atoms with Crippen LogP contribution >= 0.6 is 0 Å². The Kier molecular flexibility index (Phi) is 6.09. The first kappa shape index (κ1) is 25.3. The van der Waals surface area contributed by atoms with E-state index in [4.69, 9.17) is 9.40 Å². The second-order valence-electron chi connectivity index (χ2n) is 11.9. The summed E-state index contributed by atoms with van der Waals surface area (Å²) >= 11 is 0. The van der Waals surface area contributed by atoms with Crippen molar-refractivity contribution in [1.29, 1.82) is 0 Å². The van der Waals surface area contributed by atoms with Gasteiger partial charge in [0.05, 0.1) is 11.2 Å². The molecule has 35 heavy (non-hydrogen) atoms. The number of carbonyl (C=O) groups excluding carboxylic acids is 1. The molecule has 1 N–H and O–H groups in total. The zero-order valence-electron chi connectivity index (χ0n) is 21.9. The van der Waals surface area contributed by atoms with Gasteiger partial charge in [-0.2, -0.15) is 0 Å². The minimum Gasteiger partial charge on any atom is -0.455 e. The fourth-order valence-electron chi connectivity index (χ4n) is 4.76. The molecule has 1 aliphatic heterocycles. The van der Waals surface area contributed by atoms with Crippen molar-refractivity contribution in [2.75, 3.05) is 13.1 Å². The van der Waals surface area contributed by atoms with E-state index in [2.05, 4.69) is 20.8 Å². The van der Waals surface area contributed by atoms with Gasteiger partial charge < -0.3 is 14.4 Å². The summed E-state index contributed by atoms with van der Waals surface area (Å²) < 4.78 is 19.7. The monoisotopic (exact) mass is 481 g/mol. The highest BCUT2D eigenvalue weighted by Gasteiger charge is 2.48. The summed E-state index contributed by atoms with van der Waals surface area (Å²) in [7, 11) is 0. The predicted octanol–water partition coefficient (Wildman–Crippen LogP) is 5.64.